The predicted octanol–water partition coefficient (Wildman–Crippen LogP) is 8.89. The molecule has 2 saturated heterocycles. The van der Waals surface area contributed by atoms with Gasteiger partial charge in [-0.1, -0.05) is 93.9 Å². The first-order valence-corrected chi connectivity index (χ1v) is 24.2. The normalized spacial score (nSPS) is 23.5. The third-order valence-corrected chi connectivity index (χ3v) is 15.5. The van der Waals surface area contributed by atoms with E-state index >= 15 is 0 Å². The van der Waals surface area contributed by atoms with E-state index in [-0.39, 0.29) is 53.6 Å². The third-order valence-electron chi connectivity index (χ3n) is 15.5. The predicted molar refractivity (Wildman–Crippen MR) is 260 cm³/mol. The molecule has 4 N–H and O–H groups in total. The highest BCUT2D eigenvalue weighted by molar-refractivity contribution is 6.07. The zero-order valence-electron chi connectivity index (χ0n) is 39.1. The molecule has 4 aliphatic rings. The fraction of sp³-hybridized carbons (Fsp3) is 0.407. The van der Waals surface area contributed by atoms with Crippen LogP contribution in [0.15, 0.2) is 91.0 Å². The van der Waals surface area contributed by atoms with Crippen LogP contribution >= 0.6 is 0 Å². The van der Waals surface area contributed by atoms with Gasteiger partial charge in [0.2, 0.25) is 17.7 Å². The number of rotatable bonds is 13. The summed E-state index contributed by atoms with van der Waals surface area (Å²) >= 11 is 0. The van der Waals surface area contributed by atoms with E-state index in [0.29, 0.717) is 31.4 Å². The first-order valence-electron chi connectivity index (χ1n) is 24.2. The number of nitrogens with one attached hydrogen (secondary N) is 4. The molecule has 0 radical (unpaired) electrons. The second kappa shape index (κ2) is 17.4. The van der Waals surface area contributed by atoms with E-state index in [4.69, 9.17) is 19.4 Å². The van der Waals surface area contributed by atoms with Crippen LogP contribution in [0.2, 0.25) is 0 Å². The van der Waals surface area contributed by atoms with Gasteiger partial charge in [-0.2, -0.15) is 0 Å². The van der Waals surface area contributed by atoms with E-state index in [0.717, 1.165) is 97.6 Å². The van der Waals surface area contributed by atoms with Crippen molar-refractivity contribution in [1.82, 2.24) is 40.4 Å². The van der Waals surface area contributed by atoms with Crippen LogP contribution in [0.25, 0.3) is 54.7 Å². The summed E-state index contributed by atoms with van der Waals surface area (Å²) in [6, 6.07) is 28.9. The molecule has 2 unspecified atom stereocenters. The van der Waals surface area contributed by atoms with E-state index in [9.17, 15) is 19.2 Å². The molecule has 4 fully saturated rings. The lowest BCUT2D eigenvalue weighted by molar-refractivity contribution is -0.138. The summed E-state index contributed by atoms with van der Waals surface area (Å²) in [6.07, 6.45) is 3.33. The summed E-state index contributed by atoms with van der Waals surface area (Å²) in [5.41, 5.74) is 6.42. The first kappa shape index (κ1) is 43.8. The Balaban J connectivity index is 0.869. The maximum Gasteiger partial charge on any atom is 0.407 e. The SMILES string of the molecule is CC[C@H](C)[C@H](NC(=O)OC)C(=O)N1C2C(C[C@H]1c1nc3ccc4cc(-c5ccc6c(ccc7nc([C@@H]8C[C@H](COC)CN8C(=O)[C@H](NC(=O)C8CC8)c8ccccc8)[nH]c76)c5)ccc4c3[nH]1)[C@H]2C. The standard InChI is InChI=1S/C54H58N8O6/c1-6-28(2)44(60-54(66)68-5)53(65)62-43(25-39-29(3)48(39)62)50-56-41-21-17-36-24-34(15-19-38(36)47(41)58-50)33-14-18-37-35(23-33)16-20-40-46(37)57-49(55-40)42-22-30(27-67-4)26-61(42)52(64)45(31-10-8-7-9-11-31)59-51(63)32-12-13-32/h7-11,14-21,23-24,28-30,32,39,42-45,48H,6,12-13,22,25-27H2,1-5H3,(H,55,57)(H,56,58)(H,59,63)(H,60,66)/t28-,29+,30-,39?,42-,43-,44-,45+,48?/m0/s1. The Morgan fingerprint density at radius 2 is 1.41 bits per heavy atom. The molecule has 2 aliphatic carbocycles. The van der Waals surface area contributed by atoms with Gasteiger partial charge < -0.3 is 39.9 Å². The van der Waals surface area contributed by atoms with Crippen molar-refractivity contribution in [3.05, 3.63) is 108 Å². The molecule has 2 aliphatic heterocycles. The van der Waals surface area contributed by atoms with Gasteiger partial charge in [-0.25, -0.2) is 14.8 Å². The van der Waals surface area contributed by atoms with Crippen LogP contribution in [0.4, 0.5) is 4.79 Å². The smallest absolute Gasteiger partial charge is 0.407 e. The number of amides is 4. The summed E-state index contributed by atoms with van der Waals surface area (Å²) in [5.74, 6) is 1.98. The minimum absolute atomic E-state index is 0.0328. The van der Waals surface area contributed by atoms with Crippen molar-refractivity contribution in [3.8, 4) is 11.1 Å². The zero-order chi connectivity index (χ0) is 47.0. The van der Waals surface area contributed by atoms with Gasteiger partial charge in [-0.3, -0.25) is 14.4 Å². The third kappa shape index (κ3) is 7.72. The number of nitrogens with zero attached hydrogens (tertiary/aromatic N) is 4. The summed E-state index contributed by atoms with van der Waals surface area (Å²) in [4.78, 5) is 75.7. The molecule has 7 aromatic rings. The molecule has 68 heavy (non-hydrogen) atoms. The average Bonchev–Trinajstić information content (AvgIpc) is 3.97. The Kier molecular flexibility index (Phi) is 11.2. The van der Waals surface area contributed by atoms with Gasteiger partial charge in [0.1, 0.15) is 23.7 Å². The van der Waals surface area contributed by atoms with E-state index in [2.05, 4.69) is 76.1 Å². The lowest BCUT2D eigenvalue weighted by Gasteiger charge is -2.33. The molecule has 14 nitrogen and oxygen atoms in total. The number of hydrogen-bond acceptors (Lipinski definition) is 8. The fourth-order valence-corrected chi connectivity index (χ4v) is 11.3. The van der Waals surface area contributed by atoms with Crippen LogP contribution < -0.4 is 10.6 Å². The molecule has 5 aromatic carbocycles. The Morgan fingerprint density at radius 3 is 2.00 bits per heavy atom. The summed E-state index contributed by atoms with van der Waals surface area (Å²) in [6.45, 7) is 7.22. The van der Waals surface area contributed by atoms with Gasteiger partial charge in [0, 0.05) is 42.3 Å². The van der Waals surface area contributed by atoms with Crippen LogP contribution in [0, 0.1) is 29.6 Å². The van der Waals surface area contributed by atoms with E-state index in [1.165, 1.54) is 7.11 Å². The van der Waals surface area contributed by atoms with Crippen LogP contribution in [-0.2, 0) is 23.9 Å². The highest BCUT2D eigenvalue weighted by Crippen LogP contribution is 2.58. The molecule has 14 heteroatoms. The van der Waals surface area contributed by atoms with Gasteiger partial charge in [-0.05, 0) is 95.2 Å². The van der Waals surface area contributed by atoms with Crippen molar-refractivity contribution in [3.63, 3.8) is 0 Å². The van der Waals surface area contributed by atoms with Gasteiger partial charge in [0.05, 0.1) is 47.9 Å². The lowest BCUT2D eigenvalue weighted by Crippen LogP contribution is -2.52. The molecule has 4 amide bonds. The van der Waals surface area contributed by atoms with Crippen molar-refractivity contribution in [2.24, 2.45) is 29.6 Å². The highest BCUT2D eigenvalue weighted by Gasteiger charge is 2.61. The maximum absolute atomic E-state index is 14.6. The number of hydrogen-bond donors (Lipinski definition) is 4. The number of carbonyl (C=O) groups is 4. The molecule has 4 heterocycles. The number of carbonyl (C=O) groups excluding carboxylic acids is 4. The van der Waals surface area contributed by atoms with Gasteiger partial charge >= 0.3 is 6.09 Å². The minimum atomic E-state index is -0.795. The number of likely N-dealkylation sites (tertiary alicyclic amines) is 2. The fourth-order valence-electron chi connectivity index (χ4n) is 11.3. The highest BCUT2D eigenvalue weighted by atomic mass is 16.5. The largest absolute Gasteiger partial charge is 0.453 e. The molecule has 350 valence electrons. The van der Waals surface area contributed by atoms with Crippen molar-refractivity contribution in [2.45, 2.75) is 83.1 Å². The van der Waals surface area contributed by atoms with Crippen LogP contribution in [-0.4, -0.2) is 93.0 Å². The molecule has 9 atom stereocenters. The Hall–Kier alpha value is -6.80. The van der Waals surface area contributed by atoms with Crippen LogP contribution in [0.3, 0.4) is 0 Å². The second-order valence-corrected chi connectivity index (χ2v) is 19.7. The minimum Gasteiger partial charge on any atom is -0.453 e. The molecule has 0 bridgehead atoms. The van der Waals surface area contributed by atoms with Gasteiger partial charge in [0.15, 0.2) is 0 Å². The van der Waals surface area contributed by atoms with Gasteiger partial charge in [-0.15, -0.1) is 0 Å². The van der Waals surface area contributed by atoms with E-state index in [1.807, 2.05) is 66.1 Å². The Bertz CT molecular complexity index is 3110. The van der Waals surface area contributed by atoms with Crippen molar-refractivity contribution < 1.29 is 28.7 Å². The number of methoxy groups -OCH3 is 2. The Labute approximate surface area is 394 Å². The maximum atomic E-state index is 14.6. The van der Waals surface area contributed by atoms with E-state index < -0.39 is 18.2 Å². The molecule has 11 rings (SSSR count). The number of piperidine rings is 1. The summed E-state index contributed by atoms with van der Waals surface area (Å²) in [5, 5.41) is 10.1. The number of benzene rings is 5. The average molecular weight is 915 g/mol. The summed E-state index contributed by atoms with van der Waals surface area (Å²) < 4.78 is 10.5. The lowest BCUT2D eigenvalue weighted by atomic mass is 9.97. The molecule has 0 spiro atoms. The molecular formula is C54H58N8O6. The number of fused-ring (bicyclic) bond motifs is 7. The zero-order valence-corrected chi connectivity index (χ0v) is 39.1. The number of H-pyrrole nitrogens is 2. The van der Waals surface area contributed by atoms with Crippen LogP contribution in [0.5, 0.6) is 0 Å². The van der Waals surface area contributed by atoms with Crippen molar-refractivity contribution >= 4 is 67.4 Å². The molecule has 2 aromatic heterocycles. The van der Waals surface area contributed by atoms with E-state index in [1.54, 1.807) is 7.11 Å². The van der Waals surface area contributed by atoms with Crippen LogP contribution in [0.1, 0.15) is 88.2 Å². The Morgan fingerprint density at radius 1 is 0.779 bits per heavy atom. The van der Waals surface area contributed by atoms with Gasteiger partial charge in [0.25, 0.3) is 0 Å². The summed E-state index contributed by atoms with van der Waals surface area (Å²) in [7, 11) is 3.01. The quantitative estimate of drug-likeness (QED) is 0.0888. The molecule has 2 saturated carbocycles. The topological polar surface area (TPSA) is 175 Å². The monoisotopic (exact) mass is 914 g/mol. The number of aromatic nitrogens is 4. The molecular weight excluding hydrogens is 857 g/mol. The number of aromatic amines is 2. The van der Waals surface area contributed by atoms with Crippen molar-refractivity contribution in [2.75, 3.05) is 27.4 Å². The number of alkyl carbamates (subject to hydrolysis) is 1. The van der Waals surface area contributed by atoms with Crippen molar-refractivity contribution in [1.29, 1.82) is 0 Å². The first-order chi connectivity index (χ1) is 33.0. The second-order valence-electron chi connectivity index (χ2n) is 19.7. The number of ether oxygens (including phenoxy) is 2. The number of imidazole rings is 2.